The lowest BCUT2D eigenvalue weighted by molar-refractivity contribution is -0.177. The SMILES string of the molecule is Cc1cc(N2CCC(c3nn(C(c4ccccc4)c4ccccc4)c4c3[C@@H](C(F)(F)F)[C@@H](O)C(=O)N4)CC2)cnc1C#N. The zero-order valence-corrected chi connectivity index (χ0v) is 23.3. The molecule has 2 aromatic carbocycles. The molecule has 220 valence electrons. The van der Waals surface area contributed by atoms with Crippen LogP contribution in [0.5, 0.6) is 0 Å². The van der Waals surface area contributed by atoms with Gasteiger partial charge >= 0.3 is 6.18 Å². The maximum Gasteiger partial charge on any atom is 0.398 e. The van der Waals surface area contributed by atoms with Crippen LogP contribution < -0.4 is 10.2 Å². The standard InChI is InChI=1S/C32H29F3N6O2/c1-19-16-23(18-37-24(19)17-36)40-14-12-20(13-15-40)27-25-26(32(33,34)35)29(42)31(43)38-30(25)41(39-27)28(21-8-4-2-5-9-21)22-10-6-3-7-11-22/h2-11,16,18,20,26,28-29,42H,12-15H2,1H3,(H,38,43)/t26-,29-/m1/s1. The predicted octanol–water partition coefficient (Wildman–Crippen LogP) is 5.44. The Hall–Kier alpha value is -4.69. The first kappa shape index (κ1) is 28.4. The fourth-order valence-corrected chi connectivity index (χ4v) is 6.23. The maximum absolute atomic E-state index is 14.6. The highest BCUT2D eigenvalue weighted by atomic mass is 19.4. The molecule has 1 amide bonds. The average Bonchev–Trinajstić information content (AvgIpc) is 3.36. The Morgan fingerprint density at radius 1 is 1.05 bits per heavy atom. The molecule has 2 aliphatic rings. The number of aliphatic hydroxyl groups is 1. The number of carbonyl (C=O) groups is 1. The number of benzene rings is 2. The predicted molar refractivity (Wildman–Crippen MR) is 154 cm³/mol. The number of carbonyl (C=O) groups excluding carboxylic acids is 1. The molecule has 6 rings (SSSR count). The van der Waals surface area contributed by atoms with Crippen LogP contribution in [0.25, 0.3) is 0 Å². The number of fused-ring (bicyclic) bond motifs is 1. The summed E-state index contributed by atoms with van der Waals surface area (Å²) in [5.41, 5.74) is 3.57. The van der Waals surface area contributed by atoms with Crippen LogP contribution in [0.3, 0.4) is 0 Å². The van der Waals surface area contributed by atoms with Crippen LogP contribution in [-0.4, -0.2) is 51.1 Å². The topological polar surface area (TPSA) is 107 Å². The van der Waals surface area contributed by atoms with Crippen LogP contribution in [0.1, 0.15) is 64.4 Å². The Morgan fingerprint density at radius 2 is 1.65 bits per heavy atom. The summed E-state index contributed by atoms with van der Waals surface area (Å²) in [5, 5.41) is 27.2. The Morgan fingerprint density at radius 3 is 2.19 bits per heavy atom. The van der Waals surface area contributed by atoms with E-state index in [-0.39, 0.29) is 23.0 Å². The summed E-state index contributed by atoms with van der Waals surface area (Å²) in [5.74, 6) is -3.91. The number of pyridine rings is 1. The summed E-state index contributed by atoms with van der Waals surface area (Å²) >= 11 is 0. The normalized spacial score (nSPS) is 19.2. The number of alkyl halides is 3. The number of hydrogen-bond acceptors (Lipinski definition) is 6. The molecule has 4 aromatic rings. The van der Waals surface area contributed by atoms with Gasteiger partial charge in [-0.3, -0.25) is 4.79 Å². The molecule has 0 unspecified atom stereocenters. The van der Waals surface area contributed by atoms with Gasteiger partial charge in [0.15, 0.2) is 0 Å². The number of halogens is 3. The minimum Gasteiger partial charge on any atom is -0.382 e. The average molecular weight is 587 g/mol. The van der Waals surface area contributed by atoms with Crippen molar-refractivity contribution in [2.24, 2.45) is 0 Å². The van der Waals surface area contributed by atoms with Gasteiger partial charge in [0.25, 0.3) is 5.91 Å². The molecule has 1 fully saturated rings. The number of nitrogens with one attached hydrogen (secondary N) is 1. The molecule has 0 spiro atoms. The lowest BCUT2D eigenvalue weighted by Crippen LogP contribution is -2.45. The van der Waals surface area contributed by atoms with Crippen molar-refractivity contribution in [2.45, 2.75) is 49.9 Å². The van der Waals surface area contributed by atoms with Gasteiger partial charge in [-0.15, -0.1) is 0 Å². The molecule has 1 saturated heterocycles. The second-order valence-electron chi connectivity index (χ2n) is 11.0. The summed E-state index contributed by atoms with van der Waals surface area (Å²) in [6.45, 7) is 2.88. The van der Waals surface area contributed by atoms with E-state index in [9.17, 15) is 28.3 Å². The first-order chi connectivity index (χ1) is 20.7. The molecule has 0 bridgehead atoms. The maximum atomic E-state index is 14.6. The van der Waals surface area contributed by atoms with Gasteiger partial charge in [-0.2, -0.15) is 23.5 Å². The fourth-order valence-electron chi connectivity index (χ4n) is 6.23. The second kappa shape index (κ2) is 11.2. The van der Waals surface area contributed by atoms with E-state index in [2.05, 4.69) is 21.3 Å². The highest BCUT2D eigenvalue weighted by Crippen LogP contribution is 2.49. The van der Waals surface area contributed by atoms with Crippen molar-refractivity contribution in [1.29, 1.82) is 5.26 Å². The van der Waals surface area contributed by atoms with Gasteiger partial charge < -0.3 is 15.3 Å². The van der Waals surface area contributed by atoms with Gasteiger partial charge in [0.05, 0.1) is 17.6 Å². The van der Waals surface area contributed by atoms with Gasteiger partial charge in [-0.1, -0.05) is 60.7 Å². The lowest BCUT2D eigenvalue weighted by Gasteiger charge is -2.35. The first-order valence-electron chi connectivity index (χ1n) is 14.1. The minimum absolute atomic E-state index is 0.0420. The number of aliphatic hydroxyl groups excluding tert-OH is 1. The third-order valence-electron chi connectivity index (χ3n) is 8.36. The molecular weight excluding hydrogens is 557 g/mol. The molecule has 43 heavy (non-hydrogen) atoms. The number of nitriles is 1. The molecule has 2 N–H and O–H groups in total. The molecule has 4 heterocycles. The van der Waals surface area contributed by atoms with E-state index >= 15 is 0 Å². The molecule has 0 aliphatic carbocycles. The van der Waals surface area contributed by atoms with Crippen LogP contribution in [0.4, 0.5) is 24.7 Å². The Kier molecular flexibility index (Phi) is 7.40. The van der Waals surface area contributed by atoms with Crippen molar-refractivity contribution in [1.82, 2.24) is 14.8 Å². The van der Waals surface area contributed by atoms with Crippen molar-refractivity contribution in [2.75, 3.05) is 23.3 Å². The summed E-state index contributed by atoms with van der Waals surface area (Å²) in [7, 11) is 0. The molecule has 0 radical (unpaired) electrons. The van der Waals surface area contributed by atoms with E-state index < -0.39 is 30.1 Å². The van der Waals surface area contributed by atoms with E-state index in [4.69, 9.17) is 5.10 Å². The van der Waals surface area contributed by atoms with Crippen LogP contribution in [0.15, 0.2) is 72.9 Å². The van der Waals surface area contributed by atoms with Gasteiger partial charge in [0.2, 0.25) is 0 Å². The molecular formula is C32H29F3N6O2. The number of piperidine rings is 1. The number of aromatic nitrogens is 3. The number of rotatable bonds is 5. The van der Waals surface area contributed by atoms with Gasteiger partial charge in [-0.05, 0) is 42.5 Å². The van der Waals surface area contributed by atoms with Crippen molar-refractivity contribution < 1.29 is 23.1 Å². The van der Waals surface area contributed by atoms with Crippen LogP contribution in [-0.2, 0) is 4.79 Å². The van der Waals surface area contributed by atoms with E-state index in [0.29, 0.717) is 31.6 Å². The molecule has 11 heteroatoms. The quantitative estimate of drug-likeness (QED) is 0.323. The Bertz CT molecular complexity index is 1640. The molecule has 8 nitrogen and oxygen atoms in total. The van der Waals surface area contributed by atoms with Gasteiger partial charge in [0, 0.05) is 24.6 Å². The van der Waals surface area contributed by atoms with E-state index in [0.717, 1.165) is 22.4 Å². The minimum atomic E-state index is -4.88. The number of hydrogen-bond donors (Lipinski definition) is 2. The number of amides is 1. The number of anilines is 2. The monoisotopic (exact) mass is 586 g/mol. The lowest BCUT2D eigenvalue weighted by atomic mass is 9.82. The van der Waals surface area contributed by atoms with E-state index in [1.807, 2.05) is 73.7 Å². The summed E-state index contributed by atoms with van der Waals surface area (Å²) < 4.78 is 45.3. The fraction of sp³-hybridized carbons (Fsp3) is 0.312. The van der Waals surface area contributed by atoms with Crippen molar-refractivity contribution >= 4 is 17.4 Å². The zero-order valence-electron chi connectivity index (χ0n) is 23.3. The summed E-state index contributed by atoms with van der Waals surface area (Å²) in [6.07, 6.45) is -4.53. The van der Waals surface area contributed by atoms with E-state index in [1.54, 1.807) is 6.20 Å². The summed E-state index contributed by atoms with van der Waals surface area (Å²) in [4.78, 5) is 19.1. The van der Waals surface area contributed by atoms with Crippen LogP contribution >= 0.6 is 0 Å². The smallest absolute Gasteiger partial charge is 0.382 e. The second-order valence-corrected chi connectivity index (χ2v) is 11.0. The van der Waals surface area contributed by atoms with Crippen molar-refractivity contribution in [3.05, 3.63) is 107 Å². The third kappa shape index (κ3) is 5.23. The summed E-state index contributed by atoms with van der Waals surface area (Å²) in [6, 6.07) is 21.9. The van der Waals surface area contributed by atoms with Crippen LogP contribution in [0.2, 0.25) is 0 Å². The zero-order chi connectivity index (χ0) is 30.3. The molecule has 2 atom stereocenters. The number of aryl methyl sites for hydroxylation is 1. The number of nitrogens with zero attached hydrogens (tertiary/aromatic N) is 5. The van der Waals surface area contributed by atoms with Crippen molar-refractivity contribution in [3.8, 4) is 6.07 Å². The Labute approximate surface area is 246 Å². The van der Waals surface area contributed by atoms with Crippen LogP contribution in [0, 0.1) is 18.3 Å². The van der Waals surface area contributed by atoms with Gasteiger partial charge in [-0.25, -0.2) is 9.67 Å². The first-order valence-corrected chi connectivity index (χ1v) is 14.1. The largest absolute Gasteiger partial charge is 0.398 e. The van der Waals surface area contributed by atoms with Gasteiger partial charge in [0.1, 0.15) is 35.6 Å². The molecule has 2 aromatic heterocycles. The van der Waals surface area contributed by atoms with Crippen molar-refractivity contribution in [3.63, 3.8) is 0 Å². The third-order valence-corrected chi connectivity index (χ3v) is 8.36. The highest BCUT2D eigenvalue weighted by molar-refractivity contribution is 5.97. The Balaban J connectivity index is 1.45. The highest BCUT2D eigenvalue weighted by Gasteiger charge is 2.54. The van der Waals surface area contributed by atoms with E-state index in [1.165, 1.54) is 4.68 Å². The molecule has 2 aliphatic heterocycles. The molecule has 0 saturated carbocycles.